The molecule has 2 aliphatic rings. The Bertz CT molecular complexity index is 1150. The Hall–Kier alpha value is -2.82. The maximum atomic E-state index is 13.7. The Labute approximate surface area is 170 Å². The van der Waals surface area contributed by atoms with Crippen LogP contribution in [0.15, 0.2) is 42.5 Å². The Morgan fingerprint density at radius 1 is 1.14 bits per heavy atom. The van der Waals surface area contributed by atoms with E-state index in [-0.39, 0.29) is 22.8 Å². The van der Waals surface area contributed by atoms with E-state index in [0.717, 1.165) is 22.9 Å². The van der Waals surface area contributed by atoms with Crippen LogP contribution in [0.1, 0.15) is 48.8 Å². The van der Waals surface area contributed by atoms with Crippen LogP contribution in [0, 0.1) is 5.41 Å². The van der Waals surface area contributed by atoms with Crippen molar-refractivity contribution < 1.29 is 9.90 Å². The van der Waals surface area contributed by atoms with E-state index in [2.05, 4.69) is 31.9 Å². The van der Waals surface area contributed by atoms with Gasteiger partial charge < -0.3 is 10.0 Å². The molecule has 0 radical (unpaired) electrons. The van der Waals surface area contributed by atoms with Crippen molar-refractivity contribution in [3.05, 3.63) is 59.3 Å². The number of nitrogens with zero attached hydrogens (tertiary/aromatic N) is 3. The number of hydrogen-bond acceptors (Lipinski definition) is 3. The Morgan fingerprint density at radius 3 is 2.69 bits per heavy atom. The average Bonchev–Trinajstić information content (AvgIpc) is 3.02. The third kappa shape index (κ3) is 2.27. The standard InChI is InChI=1S/C24H27N3O2/c1-23(2)20-14-16-17(9-7-11-19(16)28)24(23,3)12-13-27(20)22(29)21-15-8-5-6-10-18(15)26(4)25-21/h5-11,20,28H,12-14H2,1-4H3/t20-,24-/m0/s1. The number of phenolic OH excluding ortho intramolecular Hbond substituents is 1. The number of aryl methyl sites for hydroxylation is 1. The number of rotatable bonds is 1. The molecule has 1 aliphatic heterocycles. The van der Waals surface area contributed by atoms with Crippen LogP contribution in [0.5, 0.6) is 5.75 Å². The predicted octanol–water partition coefficient (Wildman–Crippen LogP) is 4.03. The van der Waals surface area contributed by atoms with Crippen molar-refractivity contribution in [3.63, 3.8) is 0 Å². The first-order chi connectivity index (χ1) is 13.8. The third-order valence-corrected chi connectivity index (χ3v) is 7.85. The van der Waals surface area contributed by atoms with Gasteiger partial charge in [-0.2, -0.15) is 5.10 Å². The van der Waals surface area contributed by atoms with Gasteiger partial charge in [0.15, 0.2) is 5.69 Å². The molecule has 1 fully saturated rings. The van der Waals surface area contributed by atoms with E-state index in [1.807, 2.05) is 42.3 Å². The Morgan fingerprint density at radius 2 is 1.90 bits per heavy atom. The first kappa shape index (κ1) is 18.2. The lowest BCUT2D eigenvalue weighted by atomic mass is 9.51. The fraction of sp³-hybridized carbons (Fsp3) is 0.417. The first-order valence-corrected chi connectivity index (χ1v) is 10.3. The molecule has 2 atom stereocenters. The molecule has 5 heteroatoms. The summed E-state index contributed by atoms with van der Waals surface area (Å²) >= 11 is 0. The second-order valence-electron chi connectivity index (χ2n) is 9.31. The van der Waals surface area contributed by atoms with Gasteiger partial charge in [-0.1, -0.05) is 51.1 Å². The third-order valence-electron chi connectivity index (χ3n) is 7.85. The summed E-state index contributed by atoms with van der Waals surface area (Å²) in [4.78, 5) is 15.7. The fourth-order valence-electron chi connectivity index (χ4n) is 5.68. The van der Waals surface area contributed by atoms with E-state index < -0.39 is 0 Å². The summed E-state index contributed by atoms with van der Waals surface area (Å²) in [6, 6.07) is 13.7. The number of benzene rings is 2. The molecule has 1 aromatic heterocycles. The summed E-state index contributed by atoms with van der Waals surface area (Å²) in [5, 5.41) is 16.0. The molecule has 1 amide bonds. The monoisotopic (exact) mass is 389 g/mol. The zero-order valence-corrected chi connectivity index (χ0v) is 17.4. The minimum Gasteiger partial charge on any atom is -0.508 e. The maximum absolute atomic E-state index is 13.7. The highest BCUT2D eigenvalue weighted by atomic mass is 16.3. The van der Waals surface area contributed by atoms with Crippen LogP contribution >= 0.6 is 0 Å². The SMILES string of the molecule is Cn1nc(C(=O)N2CC[C@@]3(C)c4cccc(O)c4C[C@H]2C3(C)C)c2ccccc21. The number of fused-ring (bicyclic) bond motifs is 5. The molecule has 5 rings (SSSR count). The molecule has 150 valence electrons. The molecule has 29 heavy (non-hydrogen) atoms. The van der Waals surface area contributed by atoms with E-state index in [9.17, 15) is 9.90 Å². The summed E-state index contributed by atoms with van der Waals surface area (Å²) in [5.74, 6) is 0.326. The first-order valence-electron chi connectivity index (χ1n) is 10.3. The number of carbonyl (C=O) groups excluding carboxylic acids is 1. The number of para-hydroxylation sites is 1. The number of amides is 1. The quantitative estimate of drug-likeness (QED) is 0.683. The molecule has 2 heterocycles. The normalized spacial score (nSPS) is 25.1. The number of phenols is 1. The Balaban J connectivity index is 1.62. The Kier molecular flexibility index (Phi) is 3.67. The lowest BCUT2D eigenvalue weighted by molar-refractivity contribution is -0.0268. The molecule has 1 N–H and O–H groups in total. The van der Waals surface area contributed by atoms with Crippen molar-refractivity contribution in [3.8, 4) is 5.75 Å². The van der Waals surface area contributed by atoms with Gasteiger partial charge in [-0.25, -0.2) is 0 Å². The van der Waals surface area contributed by atoms with E-state index in [1.165, 1.54) is 5.56 Å². The fourth-order valence-corrected chi connectivity index (χ4v) is 5.68. The summed E-state index contributed by atoms with van der Waals surface area (Å²) in [5.41, 5.74) is 3.49. The van der Waals surface area contributed by atoms with E-state index in [1.54, 1.807) is 10.7 Å². The second kappa shape index (κ2) is 5.85. The number of carbonyl (C=O) groups is 1. The summed E-state index contributed by atoms with van der Waals surface area (Å²) in [7, 11) is 1.88. The van der Waals surface area contributed by atoms with Crippen LogP contribution in [-0.4, -0.2) is 38.3 Å². The number of aromatic nitrogens is 2. The van der Waals surface area contributed by atoms with Crippen LogP contribution in [0.4, 0.5) is 0 Å². The molecular formula is C24H27N3O2. The van der Waals surface area contributed by atoms with Crippen molar-refractivity contribution in [2.75, 3.05) is 6.54 Å². The molecule has 0 saturated carbocycles. The zero-order valence-electron chi connectivity index (χ0n) is 17.4. The molecule has 5 nitrogen and oxygen atoms in total. The highest BCUT2D eigenvalue weighted by Crippen LogP contribution is 2.57. The van der Waals surface area contributed by atoms with Crippen LogP contribution < -0.4 is 0 Å². The summed E-state index contributed by atoms with van der Waals surface area (Å²) in [6.45, 7) is 7.51. The van der Waals surface area contributed by atoms with Gasteiger partial charge in [0.2, 0.25) is 0 Å². The van der Waals surface area contributed by atoms with Gasteiger partial charge >= 0.3 is 0 Å². The van der Waals surface area contributed by atoms with Gasteiger partial charge in [0.1, 0.15) is 5.75 Å². The smallest absolute Gasteiger partial charge is 0.275 e. The van der Waals surface area contributed by atoms with Crippen LogP contribution in [0.2, 0.25) is 0 Å². The summed E-state index contributed by atoms with van der Waals surface area (Å²) < 4.78 is 1.78. The van der Waals surface area contributed by atoms with E-state index in [4.69, 9.17) is 0 Å². The predicted molar refractivity (Wildman–Crippen MR) is 113 cm³/mol. The molecule has 1 aliphatic carbocycles. The van der Waals surface area contributed by atoms with Gasteiger partial charge in [-0.05, 0) is 41.5 Å². The minimum absolute atomic E-state index is 0.00955. The van der Waals surface area contributed by atoms with E-state index >= 15 is 0 Å². The molecule has 0 spiro atoms. The zero-order chi connectivity index (χ0) is 20.6. The largest absolute Gasteiger partial charge is 0.508 e. The number of hydrogen-bond donors (Lipinski definition) is 1. The topological polar surface area (TPSA) is 58.4 Å². The summed E-state index contributed by atoms with van der Waals surface area (Å²) in [6.07, 6.45) is 1.53. The minimum atomic E-state index is -0.119. The number of piperidine rings is 1. The van der Waals surface area contributed by atoms with Gasteiger partial charge in [-0.3, -0.25) is 9.48 Å². The van der Waals surface area contributed by atoms with Crippen molar-refractivity contribution >= 4 is 16.8 Å². The number of aromatic hydroxyl groups is 1. The molecule has 3 aromatic rings. The maximum Gasteiger partial charge on any atom is 0.275 e. The molecule has 2 bridgehead atoms. The van der Waals surface area contributed by atoms with Crippen LogP contribution in [0.25, 0.3) is 10.9 Å². The van der Waals surface area contributed by atoms with Crippen LogP contribution in [0.3, 0.4) is 0 Å². The highest BCUT2D eigenvalue weighted by molar-refractivity contribution is 6.05. The van der Waals surface area contributed by atoms with Gasteiger partial charge in [0.05, 0.1) is 5.52 Å². The lowest BCUT2D eigenvalue weighted by Gasteiger charge is -2.60. The van der Waals surface area contributed by atoms with Crippen molar-refractivity contribution in [2.24, 2.45) is 12.5 Å². The average molecular weight is 389 g/mol. The van der Waals surface area contributed by atoms with Gasteiger partial charge in [0, 0.05) is 30.4 Å². The van der Waals surface area contributed by atoms with Gasteiger partial charge in [0.25, 0.3) is 5.91 Å². The molecule has 0 unspecified atom stereocenters. The number of likely N-dealkylation sites (tertiary alicyclic amines) is 1. The molecule has 2 aromatic carbocycles. The molecular weight excluding hydrogens is 362 g/mol. The second-order valence-corrected chi connectivity index (χ2v) is 9.31. The highest BCUT2D eigenvalue weighted by Gasteiger charge is 2.57. The van der Waals surface area contributed by atoms with Crippen LogP contribution in [-0.2, 0) is 18.9 Å². The molecule has 1 saturated heterocycles. The van der Waals surface area contributed by atoms with Crippen molar-refractivity contribution in [1.29, 1.82) is 0 Å². The van der Waals surface area contributed by atoms with E-state index in [0.29, 0.717) is 24.4 Å². The van der Waals surface area contributed by atoms with Crippen molar-refractivity contribution in [1.82, 2.24) is 14.7 Å². The lowest BCUT2D eigenvalue weighted by Crippen LogP contribution is -2.64. The van der Waals surface area contributed by atoms with Crippen molar-refractivity contribution in [2.45, 2.75) is 45.1 Å². The van der Waals surface area contributed by atoms with Gasteiger partial charge in [-0.15, -0.1) is 0 Å².